The van der Waals surface area contributed by atoms with E-state index in [0.29, 0.717) is 16.8 Å². The van der Waals surface area contributed by atoms with Crippen LogP contribution in [0.3, 0.4) is 0 Å². The van der Waals surface area contributed by atoms with Crippen LogP contribution in [-0.4, -0.2) is 5.91 Å². The standard InChI is InChI=1S/C15H15FN2O/c1-10-12(16)8-5-9-13(10)18-15(19)14(17)11-6-3-2-4-7-11/h2-9,14H,17H2,1H3,(H,18,19). The molecular weight excluding hydrogens is 243 g/mol. The summed E-state index contributed by atoms with van der Waals surface area (Å²) in [5.74, 6) is -0.717. The minimum absolute atomic E-state index is 0.355. The third-order valence-corrected chi connectivity index (χ3v) is 2.97. The van der Waals surface area contributed by atoms with Crippen molar-refractivity contribution < 1.29 is 9.18 Å². The second-order valence-corrected chi connectivity index (χ2v) is 4.29. The molecule has 3 N–H and O–H groups in total. The normalized spacial score (nSPS) is 11.9. The average molecular weight is 258 g/mol. The lowest BCUT2D eigenvalue weighted by atomic mass is 10.1. The van der Waals surface area contributed by atoms with E-state index in [4.69, 9.17) is 5.73 Å². The zero-order valence-electron chi connectivity index (χ0n) is 10.6. The average Bonchev–Trinajstić information content (AvgIpc) is 2.44. The molecule has 19 heavy (non-hydrogen) atoms. The number of hydrogen-bond acceptors (Lipinski definition) is 2. The van der Waals surface area contributed by atoms with E-state index >= 15 is 0 Å². The van der Waals surface area contributed by atoms with Crippen LogP contribution in [0.4, 0.5) is 10.1 Å². The van der Waals surface area contributed by atoms with Crippen molar-refractivity contribution in [1.29, 1.82) is 0 Å². The van der Waals surface area contributed by atoms with Crippen LogP contribution >= 0.6 is 0 Å². The molecule has 0 aromatic heterocycles. The number of amides is 1. The molecule has 2 aromatic rings. The molecule has 2 rings (SSSR count). The summed E-state index contributed by atoms with van der Waals surface area (Å²) in [6.45, 7) is 1.61. The first kappa shape index (κ1) is 13.2. The summed E-state index contributed by atoms with van der Waals surface area (Å²) < 4.78 is 13.4. The Morgan fingerprint density at radius 1 is 1.16 bits per heavy atom. The molecule has 0 saturated carbocycles. The number of halogens is 1. The number of carbonyl (C=O) groups is 1. The van der Waals surface area contributed by atoms with Gasteiger partial charge in [-0.2, -0.15) is 0 Å². The van der Waals surface area contributed by atoms with Gasteiger partial charge >= 0.3 is 0 Å². The smallest absolute Gasteiger partial charge is 0.245 e. The van der Waals surface area contributed by atoms with Crippen molar-refractivity contribution in [3.8, 4) is 0 Å². The monoisotopic (exact) mass is 258 g/mol. The van der Waals surface area contributed by atoms with Crippen molar-refractivity contribution in [2.24, 2.45) is 5.73 Å². The topological polar surface area (TPSA) is 55.1 Å². The van der Waals surface area contributed by atoms with Crippen molar-refractivity contribution in [1.82, 2.24) is 0 Å². The largest absolute Gasteiger partial charge is 0.324 e. The predicted molar refractivity (Wildman–Crippen MR) is 73.1 cm³/mol. The van der Waals surface area contributed by atoms with Crippen molar-refractivity contribution >= 4 is 11.6 Å². The fourth-order valence-electron chi connectivity index (χ4n) is 1.77. The van der Waals surface area contributed by atoms with Crippen LogP contribution in [0.25, 0.3) is 0 Å². The molecule has 0 bridgehead atoms. The quantitative estimate of drug-likeness (QED) is 0.889. The Hall–Kier alpha value is -2.20. The zero-order valence-corrected chi connectivity index (χ0v) is 10.6. The lowest BCUT2D eigenvalue weighted by Gasteiger charge is -2.14. The summed E-state index contributed by atoms with van der Waals surface area (Å²) in [6.07, 6.45) is 0. The maximum atomic E-state index is 13.4. The van der Waals surface area contributed by atoms with Crippen LogP contribution in [0, 0.1) is 12.7 Å². The summed E-state index contributed by atoms with van der Waals surface area (Å²) in [4.78, 5) is 12.0. The van der Waals surface area contributed by atoms with Crippen LogP contribution in [0.15, 0.2) is 48.5 Å². The van der Waals surface area contributed by atoms with Gasteiger partial charge in [-0.1, -0.05) is 36.4 Å². The Kier molecular flexibility index (Phi) is 3.92. The third-order valence-electron chi connectivity index (χ3n) is 2.97. The number of anilines is 1. The van der Waals surface area contributed by atoms with Crippen LogP contribution in [0.1, 0.15) is 17.2 Å². The van der Waals surface area contributed by atoms with Gasteiger partial charge in [0.1, 0.15) is 11.9 Å². The van der Waals surface area contributed by atoms with Crippen molar-refractivity contribution in [3.05, 3.63) is 65.5 Å². The Balaban J connectivity index is 2.15. The SMILES string of the molecule is Cc1c(F)cccc1NC(=O)C(N)c1ccccc1. The lowest BCUT2D eigenvalue weighted by molar-refractivity contribution is -0.117. The molecule has 1 amide bonds. The molecule has 0 saturated heterocycles. The third kappa shape index (κ3) is 2.98. The van der Waals surface area contributed by atoms with Gasteiger partial charge in [0.25, 0.3) is 0 Å². The van der Waals surface area contributed by atoms with Crippen LogP contribution in [0.2, 0.25) is 0 Å². The summed E-state index contributed by atoms with van der Waals surface area (Å²) in [5, 5.41) is 2.65. The number of carbonyl (C=O) groups excluding carboxylic acids is 1. The second-order valence-electron chi connectivity index (χ2n) is 4.29. The molecule has 0 aliphatic rings. The van der Waals surface area contributed by atoms with E-state index in [2.05, 4.69) is 5.32 Å². The molecule has 0 radical (unpaired) electrons. The number of nitrogens with two attached hydrogens (primary N) is 1. The van der Waals surface area contributed by atoms with E-state index in [-0.39, 0.29) is 11.7 Å². The van der Waals surface area contributed by atoms with Crippen molar-refractivity contribution in [2.45, 2.75) is 13.0 Å². The van der Waals surface area contributed by atoms with E-state index in [1.54, 1.807) is 31.2 Å². The van der Waals surface area contributed by atoms with Gasteiger partial charge in [0.15, 0.2) is 0 Å². The van der Waals surface area contributed by atoms with Gasteiger partial charge in [0.05, 0.1) is 0 Å². The lowest BCUT2D eigenvalue weighted by Crippen LogP contribution is -2.28. The maximum Gasteiger partial charge on any atom is 0.245 e. The number of rotatable bonds is 3. The predicted octanol–water partition coefficient (Wildman–Crippen LogP) is 2.77. The molecule has 0 aliphatic heterocycles. The van der Waals surface area contributed by atoms with E-state index < -0.39 is 6.04 Å². The first-order valence-electron chi connectivity index (χ1n) is 5.96. The molecule has 0 aliphatic carbocycles. The Bertz CT molecular complexity index is 584. The second kappa shape index (κ2) is 5.63. The zero-order chi connectivity index (χ0) is 13.8. The van der Waals surface area contributed by atoms with E-state index in [1.807, 2.05) is 18.2 Å². The van der Waals surface area contributed by atoms with Gasteiger partial charge in [-0.15, -0.1) is 0 Å². The van der Waals surface area contributed by atoms with Gasteiger partial charge in [0, 0.05) is 11.3 Å². The first-order chi connectivity index (χ1) is 9.09. The summed E-state index contributed by atoms with van der Waals surface area (Å²) in [5.41, 5.74) is 7.43. The van der Waals surface area contributed by atoms with Gasteiger partial charge < -0.3 is 11.1 Å². The number of hydrogen-bond donors (Lipinski definition) is 2. The van der Waals surface area contributed by atoms with Crippen LogP contribution < -0.4 is 11.1 Å². The number of nitrogens with one attached hydrogen (secondary N) is 1. The Morgan fingerprint density at radius 2 is 1.84 bits per heavy atom. The molecule has 2 aromatic carbocycles. The van der Waals surface area contributed by atoms with Gasteiger partial charge in [0.2, 0.25) is 5.91 Å². The fourth-order valence-corrected chi connectivity index (χ4v) is 1.77. The molecular formula is C15H15FN2O. The van der Waals surface area contributed by atoms with Crippen LogP contribution in [0.5, 0.6) is 0 Å². The van der Waals surface area contributed by atoms with E-state index in [0.717, 1.165) is 0 Å². The van der Waals surface area contributed by atoms with E-state index in [9.17, 15) is 9.18 Å². The minimum Gasteiger partial charge on any atom is -0.324 e. The Morgan fingerprint density at radius 3 is 2.53 bits per heavy atom. The fraction of sp³-hybridized carbons (Fsp3) is 0.133. The van der Waals surface area contributed by atoms with Gasteiger partial charge in [-0.3, -0.25) is 4.79 Å². The minimum atomic E-state index is -0.774. The molecule has 0 fully saturated rings. The maximum absolute atomic E-state index is 13.4. The Labute approximate surface area is 111 Å². The molecule has 4 heteroatoms. The highest BCUT2D eigenvalue weighted by molar-refractivity contribution is 5.95. The van der Waals surface area contributed by atoms with E-state index in [1.165, 1.54) is 6.07 Å². The van der Waals surface area contributed by atoms with Gasteiger partial charge in [-0.25, -0.2) is 4.39 Å². The highest BCUT2D eigenvalue weighted by Gasteiger charge is 2.16. The first-order valence-corrected chi connectivity index (χ1v) is 5.96. The van der Waals surface area contributed by atoms with Crippen molar-refractivity contribution in [3.63, 3.8) is 0 Å². The molecule has 3 nitrogen and oxygen atoms in total. The molecule has 0 heterocycles. The van der Waals surface area contributed by atoms with Gasteiger partial charge in [-0.05, 0) is 24.6 Å². The molecule has 1 atom stereocenters. The number of benzene rings is 2. The molecule has 0 spiro atoms. The van der Waals surface area contributed by atoms with Crippen molar-refractivity contribution in [2.75, 3.05) is 5.32 Å². The molecule has 1 unspecified atom stereocenters. The van der Waals surface area contributed by atoms with Crippen LogP contribution in [-0.2, 0) is 4.79 Å². The highest BCUT2D eigenvalue weighted by Crippen LogP contribution is 2.19. The molecule has 98 valence electrons. The summed E-state index contributed by atoms with van der Waals surface area (Å²) in [6, 6.07) is 12.8. The highest BCUT2D eigenvalue weighted by atomic mass is 19.1. The summed E-state index contributed by atoms with van der Waals surface area (Å²) in [7, 11) is 0. The summed E-state index contributed by atoms with van der Waals surface area (Å²) >= 11 is 0.